The van der Waals surface area contributed by atoms with E-state index in [-0.39, 0.29) is 16.9 Å². The molecule has 1 aliphatic carbocycles. The molecule has 170 valence electrons. The van der Waals surface area contributed by atoms with E-state index in [4.69, 9.17) is 4.74 Å². The van der Waals surface area contributed by atoms with Gasteiger partial charge in [-0.15, -0.1) is 0 Å². The van der Waals surface area contributed by atoms with Gasteiger partial charge in [-0.2, -0.15) is 0 Å². The van der Waals surface area contributed by atoms with E-state index in [9.17, 15) is 8.42 Å². The molecule has 0 saturated carbocycles. The van der Waals surface area contributed by atoms with Crippen LogP contribution >= 0.6 is 0 Å². The molecule has 3 aromatic carbocycles. The normalized spacial score (nSPS) is 21.1. The van der Waals surface area contributed by atoms with E-state index >= 15 is 0 Å². The average Bonchev–Trinajstić information content (AvgIpc) is 3.31. The standard InChI is InChI=1S/C27H28N2O3S/c1-17-10-11-20(14-18(17)2)29-33(30,31)22-12-13-26-25(16-22)23-8-5-9-24(23)27(28-26)19-6-4-7-21(15-19)32-3/h4-8,10-16,23-24,27-29H,9H2,1-3H3/t23-,24+,27+/m1/s1. The lowest BCUT2D eigenvalue weighted by atomic mass is 9.77. The molecule has 0 aromatic heterocycles. The van der Waals surface area contributed by atoms with E-state index in [0.29, 0.717) is 11.6 Å². The number of anilines is 2. The van der Waals surface area contributed by atoms with Crippen LogP contribution in [0.4, 0.5) is 11.4 Å². The van der Waals surface area contributed by atoms with Gasteiger partial charge < -0.3 is 10.1 Å². The highest BCUT2D eigenvalue weighted by Gasteiger charge is 2.38. The molecule has 0 fully saturated rings. The van der Waals surface area contributed by atoms with Crippen molar-refractivity contribution in [3.63, 3.8) is 0 Å². The molecule has 1 aliphatic heterocycles. The molecule has 5 nitrogen and oxygen atoms in total. The maximum absolute atomic E-state index is 13.2. The number of aryl methyl sites for hydroxylation is 2. The van der Waals surface area contributed by atoms with Crippen LogP contribution in [0.5, 0.6) is 5.75 Å². The van der Waals surface area contributed by atoms with Crippen molar-refractivity contribution in [3.8, 4) is 5.75 Å². The number of ether oxygens (including phenoxy) is 1. The Kier molecular flexibility index (Phi) is 5.41. The van der Waals surface area contributed by atoms with E-state index in [2.05, 4.69) is 34.3 Å². The van der Waals surface area contributed by atoms with Crippen molar-refractivity contribution in [2.45, 2.75) is 37.1 Å². The summed E-state index contributed by atoms with van der Waals surface area (Å²) in [6.45, 7) is 3.98. The summed E-state index contributed by atoms with van der Waals surface area (Å²) in [5.74, 6) is 1.31. The molecule has 2 aliphatic rings. The highest BCUT2D eigenvalue weighted by atomic mass is 32.2. The van der Waals surface area contributed by atoms with E-state index in [1.165, 1.54) is 5.56 Å². The predicted octanol–water partition coefficient (Wildman–Crippen LogP) is 5.94. The largest absolute Gasteiger partial charge is 0.497 e. The Labute approximate surface area is 195 Å². The van der Waals surface area contributed by atoms with Gasteiger partial charge in [-0.05, 0) is 90.9 Å². The fourth-order valence-corrected chi connectivity index (χ4v) is 6.01. The Morgan fingerprint density at radius 2 is 1.85 bits per heavy atom. The predicted molar refractivity (Wildman–Crippen MR) is 133 cm³/mol. The van der Waals surface area contributed by atoms with Crippen molar-refractivity contribution < 1.29 is 13.2 Å². The summed E-state index contributed by atoms with van der Waals surface area (Å²) in [6, 6.07) is 19.3. The molecular weight excluding hydrogens is 432 g/mol. The number of fused-ring (bicyclic) bond motifs is 3. The third-order valence-corrected chi connectivity index (χ3v) is 8.24. The Morgan fingerprint density at radius 3 is 2.64 bits per heavy atom. The Hall–Kier alpha value is -3.25. The first-order valence-corrected chi connectivity index (χ1v) is 12.7. The van der Waals surface area contributed by atoms with Crippen molar-refractivity contribution in [3.05, 3.63) is 95.1 Å². The first-order chi connectivity index (χ1) is 15.9. The maximum Gasteiger partial charge on any atom is 0.261 e. The van der Waals surface area contributed by atoms with Crippen LogP contribution in [0.1, 0.15) is 40.6 Å². The number of sulfonamides is 1. The number of methoxy groups -OCH3 is 1. The molecule has 2 N–H and O–H groups in total. The monoisotopic (exact) mass is 460 g/mol. The molecule has 0 spiro atoms. The lowest BCUT2D eigenvalue weighted by Crippen LogP contribution is -2.29. The van der Waals surface area contributed by atoms with Crippen molar-refractivity contribution in [1.29, 1.82) is 0 Å². The molecule has 3 atom stereocenters. The minimum Gasteiger partial charge on any atom is -0.497 e. The molecule has 3 aromatic rings. The zero-order chi connectivity index (χ0) is 23.2. The number of benzene rings is 3. The Bertz CT molecular complexity index is 1350. The summed E-state index contributed by atoms with van der Waals surface area (Å²) >= 11 is 0. The summed E-state index contributed by atoms with van der Waals surface area (Å²) in [5.41, 5.74) is 5.92. The Balaban J connectivity index is 1.48. The number of nitrogens with one attached hydrogen (secondary N) is 2. The summed E-state index contributed by atoms with van der Waals surface area (Å²) in [6.07, 6.45) is 5.36. The lowest BCUT2D eigenvalue weighted by molar-refractivity contribution is 0.406. The van der Waals surface area contributed by atoms with Gasteiger partial charge in [0.1, 0.15) is 5.75 Å². The summed E-state index contributed by atoms with van der Waals surface area (Å²) < 4.78 is 34.5. The molecular formula is C27H28N2O3S. The van der Waals surface area contributed by atoms with Gasteiger partial charge in [0.15, 0.2) is 0 Å². The van der Waals surface area contributed by atoms with Gasteiger partial charge in [0.25, 0.3) is 10.0 Å². The molecule has 0 radical (unpaired) electrons. The molecule has 0 saturated heterocycles. The van der Waals surface area contributed by atoms with Crippen molar-refractivity contribution in [2.24, 2.45) is 5.92 Å². The van der Waals surface area contributed by atoms with E-state index in [1.54, 1.807) is 19.2 Å². The van der Waals surface area contributed by atoms with Gasteiger partial charge in [0.05, 0.1) is 18.0 Å². The first-order valence-electron chi connectivity index (χ1n) is 11.2. The quantitative estimate of drug-likeness (QED) is 0.463. The number of rotatable bonds is 5. The van der Waals surface area contributed by atoms with Crippen LogP contribution in [0, 0.1) is 19.8 Å². The average molecular weight is 461 g/mol. The second-order valence-corrected chi connectivity index (χ2v) is 10.6. The molecule has 33 heavy (non-hydrogen) atoms. The van der Waals surface area contributed by atoms with Gasteiger partial charge in [-0.3, -0.25) is 4.72 Å². The van der Waals surface area contributed by atoms with Crippen LogP contribution in [0.2, 0.25) is 0 Å². The molecule has 5 rings (SSSR count). The van der Waals surface area contributed by atoms with Crippen molar-refractivity contribution in [2.75, 3.05) is 17.1 Å². The molecule has 1 heterocycles. The third-order valence-electron chi connectivity index (χ3n) is 6.86. The minimum absolute atomic E-state index is 0.128. The number of allylic oxidation sites excluding steroid dienone is 2. The fraction of sp³-hybridized carbons (Fsp3) is 0.259. The number of hydrogen-bond acceptors (Lipinski definition) is 4. The van der Waals surface area contributed by atoms with Crippen LogP contribution in [0.3, 0.4) is 0 Å². The highest BCUT2D eigenvalue weighted by molar-refractivity contribution is 7.92. The van der Waals surface area contributed by atoms with Crippen LogP contribution < -0.4 is 14.8 Å². The smallest absolute Gasteiger partial charge is 0.261 e. The molecule has 6 heteroatoms. The summed E-state index contributed by atoms with van der Waals surface area (Å²) in [5, 5.41) is 3.67. The number of hydrogen-bond donors (Lipinski definition) is 2. The van der Waals surface area contributed by atoms with E-state index < -0.39 is 10.0 Å². The second-order valence-electron chi connectivity index (χ2n) is 8.91. The Morgan fingerprint density at radius 1 is 1.00 bits per heavy atom. The summed E-state index contributed by atoms with van der Waals surface area (Å²) in [4.78, 5) is 0.278. The zero-order valence-corrected chi connectivity index (χ0v) is 19.8. The van der Waals surface area contributed by atoms with Crippen LogP contribution in [0.15, 0.2) is 77.7 Å². The van der Waals surface area contributed by atoms with E-state index in [0.717, 1.165) is 34.5 Å². The SMILES string of the molecule is COc1cccc([C@@H]2Nc3ccc(S(=O)(=O)Nc4ccc(C)c(C)c4)cc3[C@@H]3C=CC[C@@H]32)c1. The van der Waals surface area contributed by atoms with Gasteiger partial charge in [0.2, 0.25) is 0 Å². The van der Waals surface area contributed by atoms with Gasteiger partial charge in [0, 0.05) is 17.3 Å². The minimum atomic E-state index is -3.70. The molecule has 0 amide bonds. The first kappa shape index (κ1) is 21.6. The van der Waals surface area contributed by atoms with E-state index in [1.807, 2.05) is 50.2 Å². The zero-order valence-electron chi connectivity index (χ0n) is 19.0. The van der Waals surface area contributed by atoms with Crippen molar-refractivity contribution >= 4 is 21.4 Å². The van der Waals surface area contributed by atoms with Gasteiger partial charge >= 0.3 is 0 Å². The second kappa shape index (κ2) is 8.27. The lowest BCUT2D eigenvalue weighted by Gasteiger charge is -2.37. The van der Waals surface area contributed by atoms with Gasteiger partial charge in [-0.1, -0.05) is 30.4 Å². The van der Waals surface area contributed by atoms with Crippen LogP contribution in [-0.4, -0.2) is 15.5 Å². The van der Waals surface area contributed by atoms with Crippen LogP contribution in [-0.2, 0) is 10.0 Å². The van der Waals surface area contributed by atoms with Crippen molar-refractivity contribution in [1.82, 2.24) is 0 Å². The maximum atomic E-state index is 13.2. The third kappa shape index (κ3) is 4.00. The molecule has 0 bridgehead atoms. The van der Waals surface area contributed by atoms with Crippen LogP contribution in [0.25, 0.3) is 0 Å². The van der Waals surface area contributed by atoms with Gasteiger partial charge in [-0.25, -0.2) is 8.42 Å². The topological polar surface area (TPSA) is 67.4 Å². The summed E-state index contributed by atoms with van der Waals surface area (Å²) in [7, 11) is -2.02. The fourth-order valence-electron chi connectivity index (χ4n) is 4.92. The highest BCUT2D eigenvalue weighted by Crippen LogP contribution is 2.50. The molecule has 0 unspecified atom stereocenters.